The molecule has 0 saturated carbocycles. The molecule has 1 heterocycles. The van der Waals surface area contributed by atoms with Gasteiger partial charge in [0.05, 0.1) is 18.1 Å². The van der Waals surface area contributed by atoms with Crippen molar-refractivity contribution in [1.82, 2.24) is 0 Å². The Bertz CT molecular complexity index is 156. The van der Waals surface area contributed by atoms with Crippen molar-refractivity contribution in [1.29, 1.82) is 0 Å². The van der Waals surface area contributed by atoms with Gasteiger partial charge in [-0.3, -0.25) is 0 Å². The molecule has 2 atom stereocenters. The Morgan fingerprint density at radius 2 is 2.27 bits per heavy atom. The first-order chi connectivity index (χ1) is 5.05. The zero-order valence-electron chi connectivity index (χ0n) is 7.04. The molecule has 1 saturated heterocycles. The van der Waals surface area contributed by atoms with Gasteiger partial charge in [-0.05, 0) is 20.3 Å². The predicted octanol–water partition coefficient (Wildman–Crippen LogP) is 0.328. The van der Waals surface area contributed by atoms with E-state index in [4.69, 9.17) is 10.5 Å². The molecule has 0 aromatic heterocycles. The smallest absolute Gasteiger partial charge is 0.126 e. The SMILES string of the molecule is CC1(C)C[C@@H](N)[C@@H](C=O)CO1. The summed E-state index contributed by atoms with van der Waals surface area (Å²) < 4.78 is 5.43. The van der Waals surface area contributed by atoms with Crippen LogP contribution in [0.5, 0.6) is 0 Å². The molecule has 0 unspecified atom stereocenters. The summed E-state index contributed by atoms with van der Waals surface area (Å²) in [6.07, 6.45) is 1.65. The van der Waals surface area contributed by atoms with Crippen molar-refractivity contribution in [3.8, 4) is 0 Å². The molecule has 1 aliphatic heterocycles. The molecule has 0 aromatic carbocycles. The van der Waals surface area contributed by atoms with Gasteiger partial charge in [-0.1, -0.05) is 0 Å². The van der Waals surface area contributed by atoms with Gasteiger partial charge in [0, 0.05) is 6.04 Å². The fourth-order valence-corrected chi connectivity index (χ4v) is 1.36. The highest BCUT2D eigenvalue weighted by Crippen LogP contribution is 2.25. The van der Waals surface area contributed by atoms with Crippen LogP contribution in [0.15, 0.2) is 0 Å². The van der Waals surface area contributed by atoms with E-state index in [1.54, 1.807) is 0 Å². The van der Waals surface area contributed by atoms with Gasteiger partial charge in [-0.15, -0.1) is 0 Å². The molecule has 0 amide bonds. The van der Waals surface area contributed by atoms with Crippen LogP contribution >= 0.6 is 0 Å². The summed E-state index contributed by atoms with van der Waals surface area (Å²) >= 11 is 0. The number of hydrogen-bond donors (Lipinski definition) is 1. The van der Waals surface area contributed by atoms with Crippen molar-refractivity contribution >= 4 is 6.29 Å². The van der Waals surface area contributed by atoms with Crippen LogP contribution < -0.4 is 5.73 Å². The van der Waals surface area contributed by atoms with E-state index in [9.17, 15) is 4.79 Å². The number of rotatable bonds is 1. The normalized spacial score (nSPS) is 36.6. The fourth-order valence-electron chi connectivity index (χ4n) is 1.36. The second-order valence-corrected chi connectivity index (χ2v) is 3.74. The van der Waals surface area contributed by atoms with Crippen molar-refractivity contribution in [2.45, 2.75) is 31.9 Å². The third-order valence-electron chi connectivity index (χ3n) is 2.12. The van der Waals surface area contributed by atoms with Gasteiger partial charge in [0.1, 0.15) is 6.29 Å². The summed E-state index contributed by atoms with van der Waals surface area (Å²) in [5.41, 5.74) is 5.60. The minimum Gasteiger partial charge on any atom is -0.375 e. The van der Waals surface area contributed by atoms with Crippen LogP contribution in [-0.4, -0.2) is 24.5 Å². The molecule has 1 fully saturated rings. The van der Waals surface area contributed by atoms with Crippen molar-refractivity contribution in [2.75, 3.05) is 6.61 Å². The summed E-state index contributed by atoms with van der Waals surface area (Å²) in [6, 6.07) is -0.0313. The third-order valence-corrected chi connectivity index (χ3v) is 2.12. The first kappa shape index (κ1) is 8.68. The minimum atomic E-state index is -0.154. The van der Waals surface area contributed by atoms with E-state index in [0.29, 0.717) is 6.61 Å². The summed E-state index contributed by atoms with van der Waals surface area (Å²) in [5, 5.41) is 0. The zero-order valence-corrected chi connectivity index (χ0v) is 7.04. The maximum Gasteiger partial charge on any atom is 0.126 e. The maximum atomic E-state index is 10.4. The molecule has 1 rings (SSSR count). The van der Waals surface area contributed by atoms with E-state index in [-0.39, 0.29) is 17.6 Å². The van der Waals surface area contributed by atoms with Gasteiger partial charge in [-0.2, -0.15) is 0 Å². The van der Waals surface area contributed by atoms with Gasteiger partial charge in [-0.25, -0.2) is 0 Å². The number of ether oxygens (including phenoxy) is 1. The molecule has 64 valence electrons. The van der Waals surface area contributed by atoms with Gasteiger partial charge < -0.3 is 15.3 Å². The lowest BCUT2D eigenvalue weighted by atomic mass is 9.88. The average Bonchev–Trinajstić information content (AvgIpc) is 1.86. The molecule has 0 bridgehead atoms. The van der Waals surface area contributed by atoms with Gasteiger partial charge in [0.2, 0.25) is 0 Å². The molecule has 0 spiro atoms. The van der Waals surface area contributed by atoms with Gasteiger partial charge >= 0.3 is 0 Å². The number of nitrogens with two attached hydrogens (primary N) is 1. The van der Waals surface area contributed by atoms with E-state index in [1.165, 1.54) is 0 Å². The number of carbonyl (C=O) groups excluding carboxylic acids is 1. The second-order valence-electron chi connectivity index (χ2n) is 3.74. The predicted molar refractivity (Wildman–Crippen MR) is 42.2 cm³/mol. The van der Waals surface area contributed by atoms with Crippen LogP contribution in [0.4, 0.5) is 0 Å². The summed E-state index contributed by atoms with van der Waals surface area (Å²) in [4.78, 5) is 10.4. The molecule has 0 aromatic rings. The molecule has 0 radical (unpaired) electrons. The van der Waals surface area contributed by atoms with E-state index in [1.807, 2.05) is 13.8 Å². The third kappa shape index (κ3) is 2.01. The lowest BCUT2D eigenvalue weighted by Gasteiger charge is -2.36. The van der Waals surface area contributed by atoms with Crippen LogP contribution in [-0.2, 0) is 9.53 Å². The van der Waals surface area contributed by atoms with Crippen LogP contribution in [0.3, 0.4) is 0 Å². The average molecular weight is 157 g/mol. The highest BCUT2D eigenvalue weighted by molar-refractivity contribution is 5.55. The van der Waals surface area contributed by atoms with E-state index in [2.05, 4.69) is 0 Å². The van der Waals surface area contributed by atoms with Crippen LogP contribution in [0.2, 0.25) is 0 Å². The Morgan fingerprint density at radius 1 is 1.64 bits per heavy atom. The van der Waals surface area contributed by atoms with E-state index in [0.717, 1.165) is 12.7 Å². The van der Waals surface area contributed by atoms with Gasteiger partial charge in [0.15, 0.2) is 0 Å². The monoisotopic (exact) mass is 157 g/mol. The minimum absolute atomic E-state index is 0.0313. The lowest BCUT2D eigenvalue weighted by molar-refractivity contribution is -0.125. The largest absolute Gasteiger partial charge is 0.375 e. The number of aldehydes is 1. The summed E-state index contributed by atoms with van der Waals surface area (Å²) in [7, 11) is 0. The molecule has 3 heteroatoms. The molecule has 1 aliphatic rings. The molecule has 2 N–H and O–H groups in total. The molecular formula is C8H15NO2. The number of carbonyl (C=O) groups is 1. The first-order valence-corrected chi connectivity index (χ1v) is 3.90. The van der Waals surface area contributed by atoms with Crippen molar-refractivity contribution in [3.05, 3.63) is 0 Å². The molecule has 0 aliphatic carbocycles. The summed E-state index contributed by atoms with van der Waals surface area (Å²) in [5.74, 6) is -0.108. The highest BCUT2D eigenvalue weighted by Gasteiger charge is 2.33. The Kier molecular flexibility index (Phi) is 2.30. The Morgan fingerprint density at radius 3 is 2.73 bits per heavy atom. The van der Waals surface area contributed by atoms with Crippen molar-refractivity contribution in [3.63, 3.8) is 0 Å². The van der Waals surface area contributed by atoms with E-state index < -0.39 is 0 Å². The quantitative estimate of drug-likeness (QED) is 0.558. The topological polar surface area (TPSA) is 52.3 Å². The summed E-state index contributed by atoms with van der Waals surface area (Å²) in [6.45, 7) is 4.46. The fraction of sp³-hybridized carbons (Fsp3) is 0.875. The standard InChI is InChI=1S/C8H15NO2/c1-8(2)3-7(9)6(4-10)5-11-8/h4,6-7H,3,5,9H2,1-2H3/t6-,7+/m0/s1. The van der Waals surface area contributed by atoms with Gasteiger partial charge in [0.25, 0.3) is 0 Å². The second kappa shape index (κ2) is 2.91. The molecule has 11 heavy (non-hydrogen) atoms. The number of hydrogen-bond acceptors (Lipinski definition) is 3. The Hall–Kier alpha value is -0.410. The maximum absolute atomic E-state index is 10.4. The first-order valence-electron chi connectivity index (χ1n) is 3.90. The van der Waals surface area contributed by atoms with Crippen molar-refractivity contribution < 1.29 is 9.53 Å². The van der Waals surface area contributed by atoms with Crippen LogP contribution in [0, 0.1) is 5.92 Å². The molecule has 3 nitrogen and oxygen atoms in total. The van der Waals surface area contributed by atoms with Crippen molar-refractivity contribution in [2.24, 2.45) is 11.7 Å². The van der Waals surface area contributed by atoms with Crippen LogP contribution in [0.25, 0.3) is 0 Å². The molecular weight excluding hydrogens is 142 g/mol. The lowest BCUT2D eigenvalue weighted by Crippen LogP contribution is -2.47. The van der Waals surface area contributed by atoms with Crippen LogP contribution in [0.1, 0.15) is 20.3 Å². The highest BCUT2D eigenvalue weighted by atomic mass is 16.5. The van der Waals surface area contributed by atoms with E-state index >= 15 is 0 Å². The Balaban J connectivity index is 2.54. The zero-order chi connectivity index (χ0) is 8.48. The Labute approximate surface area is 66.9 Å².